The number of hydrogen-bond acceptors (Lipinski definition) is 3. The summed E-state index contributed by atoms with van der Waals surface area (Å²) < 4.78 is 5.39. The van der Waals surface area contributed by atoms with Crippen molar-refractivity contribution in [3.8, 4) is 0 Å². The molecule has 1 aliphatic carbocycles. The normalized spacial score (nSPS) is 21.2. The van der Waals surface area contributed by atoms with Crippen LogP contribution in [-0.4, -0.2) is 23.8 Å². The molecule has 0 spiro atoms. The molecule has 1 atom stereocenters. The first kappa shape index (κ1) is 10.3. The predicted octanol–water partition coefficient (Wildman–Crippen LogP) is 1.33. The zero-order valence-corrected chi connectivity index (χ0v) is 8.07. The lowest BCUT2D eigenvalue weighted by atomic mass is 9.83. The van der Waals surface area contributed by atoms with E-state index in [-0.39, 0.29) is 11.9 Å². The first-order valence-electron chi connectivity index (χ1n) is 4.83. The predicted molar refractivity (Wildman–Crippen MR) is 50.8 cm³/mol. The van der Waals surface area contributed by atoms with E-state index >= 15 is 0 Å². The van der Waals surface area contributed by atoms with Crippen molar-refractivity contribution in [1.82, 2.24) is 0 Å². The van der Waals surface area contributed by atoms with Crippen molar-refractivity contribution >= 4 is 5.84 Å². The fourth-order valence-corrected chi connectivity index (χ4v) is 1.36. The number of rotatable bonds is 5. The lowest BCUT2D eigenvalue weighted by Gasteiger charge is -2.25. The second-order valence-electron chi connectivity index (χ2n) is 3.62. The molecule has 76 valence electrons. The third-order valence-corrected chi connectivity index (χ3v) is 2.65. The van der Waals surface area contributed by atoms with Crippen LogP contribution in [0.4, 0.5) is 0 Å². The Morgan fingerprint density at radius 2 is 2.38 bits per heavy atom. The largest absolute Gasteiger partial charge is 0.409 e. The van der Waals surface area contributed by atoms with Crippen LogP contribution in [0.15, 0.2) is 5.16 Å². The second-order valence-corrected chi connectivity index (χ2v) is 3.62. The fraction of sp³-hybridized carbons (Fsp3) is 0.889. The SMILES string of the molecule is CC(OCCC1CCC1)C(N)=NO. The Kier molecular flexibility index (Phi) is 4.02. The maximum atomic E-state index is 8.35. The van der Waals surface area contributed by atoms with E-state index in [2.05, 4.69) is 5.16 Å². The molecule has 0 saturated heterocycles. The lowest BCUT2D eigenvalue weighted by molar-refractivity contribution is 0.0834. The van der Waals surface area contributed by atoms with E-state index in [0.717, 1.165) is 12.3 Å². The van der Waals surface area contributed by atoms with Gasteiger partial charge in [0.15, 0.2) is 5.84 Å². The zero-order chi connectivity index (χ0) is 9.68. The summed E-state index contributed by atoms with van der Waals surface area (Å²) in [7, 11) is 0. The Labute approximate surface area is 78.7 Å². The van der Waals surface area contributed by atoms with Gasteiger partial charge >= 0.3 is 0 Å². The molecule has 0 aliphatic heterocycles. The Morgan fingerprint density at radius 1 is 1.69 bits per heavy atom. The average Bonchev–Trinajstić information content (AvgIpc) is 2.07. The Hall–Kier alpha value is -0.770. The van der Waals surface area contributed by atoms with Gasteiger partial charge < -0.3 is 15.7 Å². The number of ether oxygens (including phenoxy) is 1. The van der Waals surface area contributed by atoms with Crippen LogP contribution >= 0.6 is 0 Å². The minimum absolute atomic E-state index is 0.147. The molecule has 0 aromatic rings. The molecule has 0 aromatic heterocycles. The van der Waals surface area contributed by atoms with E-state index in [4.69, 9.17) is 15.7 Å². The minimum atomic E-state index is -0.273. The van der Waals surface area contributed by atoms with Crippen LogP contribution in [0, 0.1) is 5.92 Å². The molecule has 0 bridgehead atoms. The van der Waals surface area contributed by atoms with E-state index in [1.807, 2.05) is 0 Å². The van der Waals surface area contributed by atoms with E-state index in [1.54, 1.807) is 6.92 Å². The summed E-state index contributed by atoms with van der Waals surface area (Å²) in [6.45, 7) is 2.50. The molecule has 3 N–H and O–H groups in total. The van der Waals surface area contributed by atoms with Crippen molar-refractivity contribution in [2.24, 2.45) is 16.8 Å². The maximum absolute atomic E-state index is 8.35. The summed E-state index contributed by atoms with van der Waals surface area (Å²) in [6.07, 6.45) is 4.86. The van der Waals surface area contributed by atoms with Crippen LogP contribution < -0.4 is 5.73 Å². The van der Waals surface area contributed by atoms with Crippen LogP contribution in [0.2, 0.25) is 0 Å². The number of hydrogen-bond donors (Lipinski definition) is 2. The quantitative estimate of drug-likeness (QED) is 0.294. The van der Waals surface area contributed by atoms with Gasteiger partial charge in [-0.15, -0.1) is 0 Å². The summed E-state index contributed by atoms with van der Waals surface area (Å²) in [5.41, 5.74) is 5.35. The number of nitrogens with zero attached hydrogens (tertiary/aromatic N) is 1. The fourth-order valence-electron chi connectivity index (χ4n) is 1.36. The first-order chi connectivity index (χ1) is 6.24. The standard InChI is InChI=1S/C9H18N2O2/c1-7(9(10)11-12)13-6-5-8-3-2-4-8/h7-8,12H,2-6H2,1H3,(H2,10,11). The van der Waals surface area contributed by atoms with Gasteiger partial charge in [-0.05, 0) is 19.3 Å². The molecule has 4 nitrogen and oxygen atoms in total. The van der Waals surface area contributed by atoms with Crippen molar-refractivity contribution in [1.29, 1.82) is 0 Å². The summed E-state index contributed by atoms with van der Waals surface area (Å²) in [4.78, 5) is 0. The van der Waals surface area contributed by atoms with Gasteiger partial charge in [-0.1, -0.05) is 24.4 Å². The molecule has 1 rings (SSSR count). The smallest absolute Gasteiger partial charge is 0.168 e. The molecule has 0 aromatic carbocycles. The van der Waals surface area contributed by atoms with Gasteiger partial charge in [0.2, 0.25) is 0 Å². The van der Waals surface area contributed by atoms with Gasteiger partial charge in [0, 0.05) is 6.61 Å². The van der Waals surface area contributed by atoms with E-state index < -0.39 is 0 Å². The summed E-state index contributed by atoms with van der Waals surface area (Å²) in [6, 6.07) is 0. The monoisotopic (exact) mass is 186 g/mol. The highest BCUT2D eigenvalue weighted by Crippen LogP contribution is 2.29. The van der Waals surface area contributed by atoms with Gasteiger partial charge in [-0.3, -0.25) is 0 Å². The first-order valence-corrected chi connectivity index (χ1v) is 4.83. The van der Waals surface area contributed by atoms with Crippen molar-refractivity contribution < 1.29 is 9.94 Å². The number of amidine groups is 1. The maximum Gasteiger partial charge on any atom is 0.168 e. The summed E-state index contributed by atoms with van der Waals surface area (Å²) in [5, 5.41) is 11.2. The molecule has 0 radical (unpaired) electrons. The Morgan fingerprint density at radius 3 is 2.85 bits per heavy atom. The van der Waals surface area contributed by atoms with Crippen molar-refractivity contribution in [2.75, 3.05) is 6.61 Å². The molecule has 1 fully saturated rings. The molecule has 0 amide bonds. The lowest BCUT2D eigenvalue weighted by Crippen LogP contribution is -2.29. The van der Waals surface area contributed by atoms with Crippen molar-refractivity contribution in [3.63, 3.8) is 0 Å². The minimum Gasteiger partial charge on any atom is -0.409 e. The number of oxime groups is 1. The second kappa shape index (κ2) is 5.07. The molecular weight excluding hydrogens is 168 g/mol. The highest BCUT2D eigenvalue weighted by Gasteiger charge is 2.17. The summed E-state index contributed by atoms with van der Waals surface area (Å²) >= 11 is 0. The Balaban J connectivity index is 2.04. The van der Waals surface area contributed by atoms with Crippen LogP contribution in [-0.2, 0) is 4.74 Å². The van der Waals surface area contributed by atoms with E-state index in [9.17, 15) is 0 Å². The zero-order valence-electron chi connectivity index (χ0n) is 8.07. The molecule has 13 heavy (non-hydrogen) atoms. The van der Waals surface area contributed by atoms with Crippen LogP contribution in [0.5, 0.6) is 0 Å². The van der Waals surface area contributed by atoms with Crippen molar-refractivity contribution in [3.05, 3.63) is 0 Å². The van der Waals surface area contributed by atoms with Gasteiger partial charge in [-0.25, -0.2) is 0 Å². The van der Waals surface area contributed by atoms with Gasteiger partial charge in [-0.2, -0.15) is 0 Å². The third-order valence-electron chi connectivity index (χ3n) is 2.65. The molecule has 4 heteroatoms. The summed E-state index contributed by atoms with van der Waals surface area (Å²) in [5.74, 6) is 0.994. The highest BCUT2D eigenvalue weighted by molar-refractivity contribution is 5.83. The van der Waals surface area contributed by atoms with Gasteiger partial charge in [0.05, 0.1) is 0 Å². The molecule has 1 unspecified atom stereocenters. The van der Waals surface area contributed by atoms with E-state index in [1.165, 1.54) is 19.3 Å². The van der Waals surface area contributed by atoms with E-state index in [0.29, 0.717) is 6.61 Å². The van der Waals surface area contributed by atoms with Crippen LogP contribution in [0.1, 0.15) is 32.6 Å². The molecule has 0 heterocycles. The molecule has 1 saturated carbocycles. The average molecular weight is 186 g/mol. The highest BCUT2D eigenvalue weighted by atomic mass is 16.5. The van der Waals surface area contributed by atoms with Gasteiger partial charge in [0.1, 0.15) is 6.10 Å². The van der Waals surface area contributed by atoms with Crippen molar-refractivity contribution in [2.45, 2.75) is 38.7 Å². The number of nitrogens with two attached hydrogens (primary N) is 1. The van der Waals surface area contributed by atoms with Crippen LogP contribution in [0.25, 0.3) is 0 Å². The Bertz CT molecular complexity index is 178. The van der Waals surface area contributed by atoms with Crippen LogP contribution in [0.3, 0.4) is 0 Å². The molecular formula is C9H18N2O2. The van der Waals surface area contributed by atoms with Gasteiger partial charge in [0.25, 0.3) is 0 Å². The third kappa shape index (κ3) is 3.22. The topological polar surface area (TPSA) is 67.8 Å². The molecule has 1 aliphatic rings.